The summed E-state index contributed by atoms with van der Waals surface area (Å²) < 4.78 is 7.50. The summed E-state index contributed by atoms with van der Waals surface area (Å²) in [7, 11) is 0. The summed E-state index contributed by atoms with van der Waals surface area (Å²) in [4.78, 5) is 6.99. The average molecular weight is 314 g/mol. The normalized spacial score (nSPS) is 16.7. The Morgan fingerprint density at radius 1 is 1.09 bits per heavy atom. The van der Waals surface area contributed by atoms with Crippen LogP contribution in [-0.4, -0.2) is 46.0 Å². The van der Waals surface area contributed by atoms with Gasteiger partial charge >= 0.3 is 0 Å². The van der Waals surface area contributed by atoms with Crippen LogP contribution in [0.25, 0.3) is 0 Å². The first-order valence-corrected chi connectivity index (χ1v) is 8.40. The third-order valence-electron chi connectivity index (χ3n) is 4.73. The zero-order chi connectivity index (χ0) is 16.3. The second-order valence-electron chi connectivity index (χ2n) is 6.57. The standard InChI is InChI=1S/C18H26N4O/c1-4-15-5-7-16(8-6-15)13-22-17(19-14-20-22)18(2,3)21-9-11-23-12-10-21/h5-8,14H,4,9-13H2,1-3H3. The molecule has 1 fully saturated rings. The van der Waals surface area contributed by atoms with E-state index in [1.54, 1.807) is 6.33 Å². The summed E-state index contributed by atoms with van der Waals surface area (Å²) >= 11 is 0. The Labute approximate surface area is 138 Å². The topological polar surface area (TPSA) is 43.2 Å². The van der Waals surface area contributed by atoms with Crippen LogP contribution in [0.3, 0.4) is 0 Å². The Morgan fingerprint density at radius 2 is 1.74 bits per heavy atom. The molecule has 0 atom stereocenters. The zero-order valence-corrected chi connectivity index (χ0v) is 14.3. The predicted molar refractivity (Wildman–Crippen MR) is 90.4 cm³/mol. The van der Waals surface area contributed by atoms with Crippen LogP contribution < -0.4 is 0 Å². The fourth-order valence-corrected chi connectivity index (χ4v) is 3.17. The summed E-state index contributed by atoms with van der Waals surface area (Å²) in [6.45, 7) is 10.8. The smallest absolute Gasteiger partial charge is 0.147 e. The molecule has 2 heterocycles. The monoisotopic (exact) mass is 314 g/mol. The van der Waals surface area contributed by atoms with Crippen molar-refractivity contribution in [1.82, 2.24) is 19.7 Å². The molecular formula is C18H26N4O. The van der Waals surface area contributed by atoms with Gasteiger partial charge < -0.3 is 4.74 Å². The minimum atomic E-state index is -0.149. The van der Waals surface area contributed by atoms with Crippen LogP contribution in [0.15, 0.2) is 30.6 Å². The molecule has 5 nitrogen and oxygen atoms in total. The maximum Gasteiger partial charge on any atom is 0.147 e. The van der Waals surface area contributed by atoms with Crippen LogP contribution in [-0.2, 0) is 23.2 Å². The van der Waals surface area contributed by atoms with E-state index in [4.69, 9.17) is 4.74 Å². The Kier molecular flexibility index (Phi) is 4.78. The van der Waals surface area contributed by atoms with Crippen LogP contribution in [0.5, 0.6) is 0 Å². The molecule has 0 amide bonds. The highest BCUT2D eigenvalue weighted by Crippen LogP contribution is 2.27. The summed E-state index contributed by atoms with van der Waals surface area (Å²) in [6.07, 6.45) is 2.73. The van der Waals surface area contributed by atoms with Crippen LogP contribution in [0.4, 0.5) is 0 Å². The van der Waals surface area contributed by atoms with Crippen LogP contribution in [0.2, 0.25) is 0 Å². The van der Waals surface area contributed by atoms with E-state index < -0.39 is 0 Å². The second kappa shape index (κ2) is 6.81. The summed E-state index contributed by atoms with van der Waals surface area (Å²) in [5, 5.41) is 4.46. The fourth-order valence-electron chi connectivity index (χ4n) is 3.17. The van der Waals surface area contributed by atoms with E-state index in [0.29, 0.717) is 0 Å². The quantitative estimate of drug-likeness (QED) is 0.850. The molecule has 1 aliphatic rings. The van der Waals surface area contributed by atoms with Crippen molar-refractivity contribution in [2.24, 2.45) is 0 Å². The van der Waals surface area contributed by atoms with Crippen molar-refractivity contribution in [2.45, 2.75) is 39.3 Å². The van der Waals surface area contributed by atoms with Gasteiger partial charge in [0.2, 0.25) is 0 Å². The lowest BCUT2D eigenvalue weighted by Crippen LogP contribution is -2.49. The molecule has 1 aliphatic heterocycles. The SMILES string of the molecule is CCc1ccc(Cn2ncnc2C(C)(C)N2CCOCC2)cc1. The summed E-state index contributed by atoms with van der Waals surface area (Å²) in [5.41, 5.74) is 2.47. The minimum Gasteiger partial charge on any atom is -0.379 e. The molecule has 0 bridgehead atoms. The third-order valence-corrected chi connectivity index (χ3v) is 4.73. The number of morpholine rings is 1. The summed E-state index contributed by atoms with van der Waals surface area (Å²) in [5.74, 6) is 1.01. The van der Waals surface area contributed by atoms with E-state index in [2.05, 4.69) is 60.0 Å². The second-order valence-corrected chi connectivity index (χ2v) is 6.57. The molecule has 0 aliphatic carbocycles. The number of benzene rings is 1. The van der Waals surface area contributed by atoms with E-state index in [-0.39, 0.29) is 5.54 Å². The predicted octanol–water partition coefficient (Wildman–Crippen LogP) is 2.46. The Balaban J connectivity index is 1.80. The number of aromatic nitrogens is 3. The van der Waals surface area contributed by atoms with E-state index in [9.17, 15) is 0 Å². The van der Waals surface area contributed by atoms with Crippen molar-refractivity contribution in [3.8, 4) is 0 Å². The van der Waals surface area contributed by atoms with Crippen molar-refractivity contribution in [2.75, 3.05) is 26.3 Å². The molecule has 5 heteroatoms. The maximum atomic E-state index is 5.48. The van der Waals surface area contributed by atoms with Gasteiger partial charge in [0.05, 0.1) is 25.3 Å². The van der Waals surface area contributed by atoms with E-state index in [1.165, 1.54) is 11.1 Å². The molecule has 0 N–H and O–H groups in total. The molecular weight excluding hydrogens is 288 g/mol. The largest absolute Gasteiger partial charge is 0.379 e. The molecule has 23 heavy (non-hydrogen) atoms. The van der Waals surface area contributed by atoms with Gasteiger partial charge in [-0.3, -0.25) is 4.90 Å². The highest BCUT2D eigenvalue weighted by atomic mass is 16.5. The number of rotatable bonds is 5. The molecule has 1 aromatic carbocycles. The van der Waals surface area contributed by atoms with Gasteiger partial charge in [-0.2, -0.15) is 5.10 Å². The van der Waals surface area contributed by atoms with Gasteiger partial charge in [-0.25, -0.2) is 9.67 Å². The van der Waals surface area contributed by atoms with Crippen LogP contribution in [0, 0.1) is 0 Å². The zero-order valence-electron chi connectivity index (χ0n) is 14.3. The first-order chi connectivity index (χ1) is 11.1. The lowest BCUT2D eigenvalue weighted by Gasteiger charge is -2.40. The van der Waals surface area contributed by atoms with Gasteiger partial charge in [-0.05, 0) is 31.4 Å². The maximum absolute atomic E-state index is 5.48. The number of aryl methyl sites for hydroxylation is 1. The molecule has 3 rings (SSSR count). The highest BCUT2D eigenvalue weighted by Gasteiger charge is 2.34. The molecule has 124 valence electrons. The number of ether oxygens (including phenoxy) is 1. The van der Waals surface area contributed by atoms with Gasteiger partial charge in [-0.1, -0.05) is 31.2 Å². The van der Waals surface area contributed by atoms with Gasteiger partial charge in [-0.15, -0.1) is 0 Å². The van der Waals surface area contributed by atoms with Crippen molar-refractivity contribution in [3.05, 3.63) is 47.5 Å². The molecule has 0 unspecified atom stereocenters. The summed E-state index contributed by atoms with van der Waals surface area (Å²) in [6, 6.07) is 8.76. The fraction of sp³-hybridized carbons (Fsp3) is 0.556. The van der Waals surface area contributed by atoms with E-state index in [0.717, 1.165) is 45.1 Å². The van der Waals surface area contributed by atoms with E-state index in [1.807, 2.05) is 4.68 Å². The highest BCUT2D eigenvalue weighted by molar-refractivity contribution is 5.23. The number of hydrogen-bond donors (Lipinski definition) is 0. The van der Waals surface area contributed by atoms with Gasteiger partial charge in [0.15, 0.2) is 0 Å². The molecule has 0 saturated carbocycles. The Morgan fingerprint density at radius 3 is 2.39 bits per heavy atom. The number of hydrogen-bond acceptors (Lipinski definition) is 4. The lowest BCUT2D eigenvalue weighted by molar-refractivity contribution is -0.0160. The Hall–Kier alpha value is -1.72. The third kappa shape index (κ3) is 3.46. The van der Waals surface area contributed by atoms with Crippen molar-refractivity contribution < 1.29 is 4.74 Å². The van der Waals surface area contributed by atoms with Gasteiger partial charge in [0.1, 0.15) is 12.2 Å². The Bertz CT molecular complexity index is 627. The first kappa shape index (κ1) is 16.1. The average Bonchev–Trinajstić information content (AvgIpc) is 3.05. The van der Waals surface area contributed by atoms with Crippen LogP contribution >= 0.6 is 0 Å². The molecule has 2 aromatic rings. The number of nitrogens with zero attached hydrogens (tertiary/aromatic N) is 4. The van der Waals surface area contributed by atoms with Crippen molar-refractivity contribution >= 4 is 0 Å². The molecule has 1 aromatic heterocycles. The molecule has 0 spiro atoms. The first-order valence-electron chi connectivity index (χ1n) is 8.40. The van der Waals surface area contributed by atoms with Gasteiger partial charge in [0, 0.05) is 13.1 Å². The molecule has 1 saturated heterocycles. The van der Waals surface area contributed by atoms with Crippen molar-refractivity contribution in [1.29, 1.82) is 0 Å². The van der Waals surface area contributed by atoms with Crippen LogP contribution in [0.1, 0.15) is 37.7 Å². The van der Waals surface area contributed by atoms with Gasteiger partial charge in [0.25, 0.3) is 0 Å². The lowest BCUT2D eigenvalue weighted by atomic mass is 10.0. The van der Waals surface area contributed by atoms with E-state index >= 15 is 0 Å². The minimum absolute atomic E-state index is 0.149. The molecule has 0 radical (unpaired) electrons. The van der Waals surface area contributed by atoms with Crippen molar-refractivity contribution in [3.63, 3.8) is 0 Å².